The quantitative estimate of drug-likeness (QED) is 0.210. The van der Waals surface area contributed by atoms with Gasteiger partial charge in [-0.15, -0.1) is 11.3 Å². The normalized spacial score (nSPS) is 11.7. The first kappa shape index (κ1) is 23.8. The standard InChI is InChI=1S/C38H20N4S/c39-21-23-12-15-33-30(18-23)27-8-1-3-10-32(27)41(33)25-6-5-7-26(20-25)42-34-16-13-24(22-40)19-31(34)28-14-17-36-37(38(28)42)29-9-2-4-11-35(29)43-36/h1-20H. The average Bonchev–Trinajstić information content (AvgIpc) is 3.71. The van der Waals surface area contributed by atoms with Crippen LogP contribution in [0.25, 0.3) is 75.2 Å². The molecule has 3 heterocycles. The number of aromatic nitrogens is 2. The summed E-state index contributed by atoms with van der Waals surface area (Å²) in [5, 5.41) is 26.2. The summed E-state index contributed by atoms with van der Waals surface area (Å²) >= 11 is 1.81. The molecule has 0 spiro atoms. The van der Waals surface area contributed by atoms with E-state index < -0.39 is 0 Å². The maximum atomic E-state index is 9.75. The molecule has 0 saturated carbocycles. The van der Waals surface area contributed by atoms with Crippen LogP contribution in [0.15, 0.2) is 121 Å². The van der Waals surface area contributed by atoms with Crippen molar-refractivity contribution in [1.82, 2.24) is 9.13 Å². The van der Waals surface area contributed by atoms with Crippen LogP contribution in [0.5, 0.6) is 0 Å². The molecule has 0 fully saturated rings. The Hall–Kier alpha value is -5.88. The van der Waals surface area contributed by atoms with E-state index in [1.807, 2.05) is 47.7 Å². The van der Waals surface area contributed by atoms with Gasteiger partial charge in [-0.2, -0.15) is 10.5 Å². The van der Waals surface area contributed by atoms with Gasteiger partial charge in [-0.25, -0.2) is 0 Å². The minimum atomic E-state index is 0.651. The van der Waals surface area contributed by atoms with E-state index in [9.17, 15) is 10.5 Å². The Labute approximate surface area is 250 Å². The van der Waals surface area contributed by atoms with Gasteiger partial charge in [0.25, 0.3) is 0 Å². The molecule has 0 atom stereocenters. The average molecular weight is 565 g/mol. The van der Waals surface area contributed by atoms with Crippen LogP contribution in [0.4, 0.5) is 0 Å². The van der Waals surface area contributed by atoms with Crippen LogP contribution in [0.2, 0.25) is 0 Å². The number of nitriles is 2. The zero-order valence-corrected chi connectivity index (χ0v) is 23.6. The maximum Gasteiger partial charge on any atom is 0.0991 e. The first-order chi connectivity index (χ1) is 21.2. The van der Waals surface area contributed by atoms with Gasteiger partial charge in [0.05, 0.1) is 45.3 Å². The zero-order valence-electron chi connectivity index (χ0n) is 22.7. The number of fused-ring (bicyclic) bond motifs is 10. The maximum absolute atomic E-state index is 9.75. The monoisotopic (exact) mass is 564 g/mol. The van der Waals surface area contributed by atoms with Crippen molar-refractivity contribution in [2.45, 2.75) is 0 Å². The molecular formula is C38H20N4S. The lowest BCUT2D eigenvalue weighted by Gasteiger charge is -2.13. The lowest BCUT2D eigenvalue weighted by Crippen LogP contribution is -1.99. The number of nitrogens with zero attached hydrogens (tertiary/aromatic N) is 4. The highest BCUT2D eigenvalue weighted by molar-refractivity contribution is 7.26. The Morgan fingerprint density at radius 2 is 1.09 bits per heavy atom. The van der Waals surface area contributed by atoms with Crippen molar-refractivity contribution < 1.29 is 0 Å². The first-order valence-corrected chi connectivity index (χ1v) is 14.9. The number of hydrogen-bond acceptors (Lipinski definition) is 3. The molecule has 43 heavy (non-hydrogen) atoms. The van der Waals surface area contributed by atoms with Crippen LogP contribution < -0.4 is 0 Å². The number of rotatable bonds is 2. The van der Waals surface area contributed by atoms with Gasteiger partial charge in [-0.3, -0.25) is 0 Å². The molecule has 0 saturated heterocycles. The van der Waals surface area contributed by atoms with E-state index in [4.69, 9.17) is 0 Å². The van der Waals surface area contributed by atoms with Crippen molar-refractivity contribution >= 4 is 75.1 Å². The third kappa shape index (κ3) is 3.29. The van der Waals surface area contributed by atoms with Crippen molar-refractivity contribution in [2.75, 3.05) is 0 Å². The van der Waals surface area contributed by atoms with Crippen molar-refractivity contribution in [3.63, 3.8) is 0 Å². The second kappa shape index (κ2) is 8.81. The van der Waals surface area contributed by atoms with Crippen LogP contribution >= 0.6 is 11.3 Å². The number of para-hydroxylation sites is 1. The summed E-state index contributed by atoms with van der Waals surface area (Å²) in [7, 11) is 0. The number of benzene rings is 6. The molecule has 4 nitrogen and oxygen atoms in total. The van der Waals surface area contributed by atoms with Gasteiger partial charge < -0.3 is 9.13 Å². The molecule has 0 unspecified atom stereocenters. The third-order valence-electron chi connectivity index (χ3n) is 8.54. The molecular weight excluding hydrogens is 545 g/mol. The minimum absolute atomic E-state index is 0.651. The number of thiophene rings is 1. The zero-order chi connectivity index (χ0) is 28.7. The molecule has 3 aromatic heterocycles. The van der Waals surface area contributed by atoms with Crippen molar-refractivity contribution in [3.8, 4) is 23.5 Å². The first-order valence-electron chi connectivity index (χ1n) is 14.1. The van der Waals surface area contributed by atoms with Crippen LogP contribution in [0.3, 0.4) is 0 Å². The van der Waals surface area contributed by atoms with Crippen LogP contribution in [0, 0.1) is 22.7 Å². The van der Waals surface area contributed by atoms with Gasteiger partial charge >= 0.3 is 0 Å². The summed E-state index contributed by atoms with van der Waals surface area (Å²) in [6.07, 6.45) is 0. The molecule has 0 aliphatic rings. The third-order valence-corrected chi connectivity index (χ3v) is 9.68. The molecule has 198 valence electrons. The van der Waals surface area contributed by atoms with Gasteiger partial charge in [0.2, 0.25) is 0 Å². The van der Waals surface area contributed by atoms with Crippen LogP contribution in [-0.2, 0) is 0 Å². The van der Waals surface area contributed by atoms with Gasteiger partial charge in [-0.1, -0.05) is 48.5 Å². The minimum Gasteiger partial charge on any atom is -0.309 e. The Kier molecular flexibility index (Phi) is 4.87. The van der Waals surface area contributed by atoms with Gasteiger partial charge in [0, 0.05) is 53.1 Å². The van der Waals surface area contributed by atoms with Gasteiger partial charge in [0.15, 0.2) is 0 Å². The van der Waals surface area contributed by atoms with E-state index >= 15 is 0 Å². The second-order valence-electron chi connectivity index (χ2n) is 10.8. The Balaban J connectivity index is 1.40. The van der Waals surface area contributed by atoms with E-state index in [1.54, 1.807) is 0 Å². The van der Waals surface area contributed by atoms with E-state index in [1.165, 1.54) is 20.2 Å². The Morgan fingerprint density at radius 3 is 1.86 bits per heavy atom. The second-order valence-corrected chi connectivity index (χ2v) is 11.9. The predicted octanol–water partition coefficient (Wildman–Crippen LogP) is 9.99. The molecule has 9 aromatic rings. The number of hydrogen-bond donors (Lipinski definition) is 0. The highest BCUT2D eigenvalue weighted by atomic mass is 32.1. The molecule has 0 bridgehead atoms. The molecule has 5 heteroatoms. The Bertz CT molecular complexity index is 2710. The summed E-state index contributed by atoms with van der Waals surface area (Å²) < 4.78 is 7.14. The van der Waals surface area contributed by atoms with Crippen LogP contribution in [0.1, 0.15) is 11.1 Å². The summed E-state index contributed by atoms with van der Waals surface area (Å²) in [5.74, 6) is 0. The SMILES string of the molecule is N#Cc1ccc2c(c1)c1ccccc1n2-c1cccc(-n2c3ccc(C#N)cc3c3ccc4sc5ccccc5c4c32)c1. The van der Waals surface area contributed by atoms with Gasteiger partial charge in [0.1, 0.15) is 0 Å². The largest absolute Gasteiger partial charge is 0.309 e. The van der Waals surface area contributed by atoms with E-state index in [0.717, 1.165) is 55.0 Å². The molecule has 0 aliphatic carbocycles. The van der Waals surface area contributed by atoms with Crippen LogP contribution in [-0.4, -0.2) is 9.13 Å². The Morgan fingerprint density at radius 1 is 0.465 bits per heavy atom. The van der Waals surface area contributed by atoms with E-state index in [0.29, 0.717) is 11.1 Å². The fourth-order valence-electron chi connectivity index (χ4n) is 6.75. The van der Waals surface area contributed by atoms with E-state index in [2.05, 4.69) is 106 Å². The fourth-order valence-corrected chi connectivity index (χ4v) is 7.85. The molecule has 0 radical (unpaired) electrons. The predicted molar refractivity (Wildman–Crippen MR) is 177 cm³/mol. The summed E-state index contributed by atoms with van der Waals surface area (Å²) in [6, 6.07) is 46.6. The molecule has 0 aliphatic heterocycles. The van der Waals surface area contributed by atoms with Crippen molar-refractivity contribution in [1.29, 1.82) is 10.5 Å². The highest BCUT2D eigenvalue weighted by Crippen LogP contribution is 2.43. The highest BCUT2D eigenvalue weighted by Gasteiger charge is 2.19. The summed E-state index contributed by atoms with van der Waals surface area (Å²) in [5.41, 5.74) is 7.76. The van der Waals surface area contributed by atoms with Crippen molar-refractivity contribution in [2.24, 2.45) is 0 Å². The summed E-state index contributed by atoms with van der Waals surface area (Å²) in [4.78, 5) is 0. The van der Waals surface area contributed by atoms with E-state index in [-0.39, 0.29) is 0 Å². The fraction of sp³-hybridized carbons (Fsp3) is 0. The topological polar surface area (TPSA) is 57.4 Å². The lowest BCUT2D eigenvalue weighted by atomic mass is 10.1. The van der Waals surface area contributed by atoms with Crippen molar-refractivity contribution in [3.05, 3.63) is 132 Å². The van der Waals surface area contributed by atoms with Gasteiger partial charge in [-0.05, 0) is 72.8 Å². The lowest BCUT2D eigenvalue weighted by molar-refractivity contribution is 1.14. The smallest absolute Gasteiger partial charge is 0.0991 e. The molecule has 0 amide bonds. The summed E-state index contributed by atoms with van der Waals surface area (Å²) in [6.45, 7) is 0. The molecule has 0 N–H and O–H groups in total. The molecule has 6 aromatic carbocycles. The molecule has 9 rings (SSSR count).